The largest absolute Gasteiger partial charge is 0.486 e. The van der Waals surface area contributed by atoms with Gasteiger partial charge in [-0.05, 0) is 31.0 Å². The molecular weight excluding hydrogens is 234 g/mol. The smallest absolute Gasteiger partial charge is 0.312 e. The lowest BCUT2D eigenvalue weighted by atomic mass is 9.90. The van der Waals surface area contributed by atoms with E-state index in [2.05, 4.69) is 0 Å². The highest BCUT2D eigenvalue weighted by atomic mass is 16.6. The highest BCUT2D eigenvalue weighted by Gasteiger charge is 2.29. The van der Waals surface area contributed by atoms with Gasteiger partial charge in [0.05, 0.1) is 5.92 Å². The van der Waals surface area contributed by atoms with Crippen LogP contribution in [0.4, 0.5) is 0 Å². The maximum atomic E-state index is 11.3. The summed E-state index contributed by atoms with van der Waals surface area (Å²) in [5.41, 5.74) is 8.10. The average molecular weight is 251 g/mol. The normalized spacial score (nSPS) is 15.3. The molecule has 5 nitrogen and oxygen atoms in total. The summed E-state index contributed by atoms with van der Waals surface area (Å²) in [5.74, 6) is -0.566. The lowest BCUT2D eigenvalue weighted by Gasteiger charge is -2.26. The molecule has 0 spiro atoms. The highest BCUT2D eigenvalue weighted by Crippen LogP contribution is 2.41. The van der Waals surface area contributed by atoms with E-state index in [1.807, 2.05) is 19.9 Å². The Labute approximate surface area is 106 Å². The Balaban J connectivity index is 2.63. The van der Waals surface area contributed by atoms with Gasteiger partial charge < -0.3 is 20.3 Å². The van der Waals surface area contributed by atoms with Crippen LogP contribution in [0.1, 0.15) is 22.6 Å². The van der Waals surface area contributed by atoms with E-state index in [0.717, 1.165) is 11.1 Å². The second-order valence-electron chi connectivity index (χ2n) is 4.38. The molecule has 0 bridgehead atoms. The Morgan fingerprint density at radius 1 is 1.44 bits per heavy atom. The quantitative estimate of drug-likeness (QED) is 0.843. The van der Waals surface area contributed by atoms with E-state index in [1.54, 1.807) is 0 Å². The topological polar surface area (TPSA) is 81.8 Å². The monoisotopic (exact) mass is 251 g/mol. The van der Waals surface area contributed by atoms with Gasteiger partial charge >= 0.3 is 5.97 Å². The van der Waals surface area contributed by atoms with Crippen LogP contribution in [0.15, 0.2) is 6.07 Å². The lowest BCUT2D eigenvalue weighted by Crippen LogP contribution is -2.25. The Kier molecular flexibility index (Phi) is 3.43. The minimum atomic E-state index is -0.942. The summed E-state index contributed by atoms with van der Waals surface area (Å²) in [6, 6.07) is 1.88. The number of aryl methyl sites for hydroxylation is 1. The Bertz CT molecular complexity index is 484. The number of rotatable bonds is 3. The number of aliphatic carboxylic acids is 1. The van der Waals surface area contributed by atoms with Crippen LogP contribution in [-0.4, -0.2) is 30.8 Å². The summed E-state index contributed by atoms with van der Waals surface area (Å²) in [6.07, 6.45) is 0. The van der Waals surface area contributed by atoms with Gasteiger partial charge in [0.25, 0.3) is 0 Å². The minimum absolute atomic E-state index is 0.0371. The molecule has 1 aliphatic heterocycles. The van der Waals surface area contributed by atoms with Crippen LogP contribution in [0.25, 0.3) is 0 Å². The summed E-state index contributed by atoms with van der Waals surface area (Å²) in [6.45, 7) is 4.76. The summed E-state index contributed by atoms with van der Waals surface area (Å²) < 4.78 is 11.1. The number of carboxylic acid groups (broad SMARTS) is 1. The molecule has 1 aliphatic rings. The maximum absolute atomic E-state index is 11.3. The second-order valence-corrected chi connectivity index (χ2v) is 4.38. The first-order chi connectivity index (χ1) is 8.56. The van der Waals surface area contributed by atoms with Gasteiger partial charge in [-0.3, -0.25) is 4.79 Å². The number of carboxylic acids is 1. The number of benzene rings is 1. The lowest BCUT2D eigenvalue weighted by molar-refractivity contribution is -0.138. The fraction of sp³-hybridized carbons (Fsp3) is 0.462. The Morgan fingerprint density at radius 3 is 2.72 bits per heavy atom. The van der Waals surface area contributed by atoms with Gasteiger partial charge in [-0.1, -0.05) is 0 Å². The van der Waals surface area contributed by atoms with E-state index in [0.29, 0.717) is 30.3 Å². The summed E-state index contributed by atoms with van der Waals surface area (Å²) in [7, 11) is 0. The molecule has 3 N–H and O–H groups in total. The predicted octanol–water partition coefficient (Wildman–Crippen LogP) is 1.20. The van der Waals surface area contributed by atoms with Gasteiger partial charge in [0.15, 0.2) is 11.5 Å². The zero-order valence-electron chi connectivity index (χ0n) is 10.5. The zero-order chi connectivity index (χ0) is 13.3. The maximum Gasteiger partial charge on any atom is 0.312 e. The van der Waals surface area contributed by atoms with Crippen LogP contribution in [0.5, 0.6) is 11.5 Å². The van der Waals surface area contributed by atoms with Crippen molar-refractivity contribution in [3.05, 3.63) is 22.8 Å². The number of fused-ring (bicyclic) bond motifs is 1. The summed E-state index contributed by atoms with van der Waals surface area (Å²) in [4.78, 5) is 11.3. The van der Waals surface area contributed by atoms with Crippen molar-refractivity contribution in [3.63, 3.8) is 0 Å². The van der Waals surface area contributed by atoms with Crippen molar-refractivity contribution in [2.24, 2.45) is 5.73 Å². The van der Waals surface area contributed by atoms with Crippen LogP contribution in [-0.2, 0) is 4.79 Å². The predicted molar refractivity (Wildman–Crippen MR) is 66.3 cm³/mol. The third-order valence-corrected chi connectivity index (χ3v) is 3.28. The number of carbonyl (C=O) groups is 1. The van der Waals surface area contributed by atoms with E-state index in [4.69, 9.17) is 15.2 Å². The van der Waals surface area contributed by atoms with E-state index in [1.165, 1.54) is 0 Å². The van der Waals surface area contributed by atoms with Crippen LogP contribution >= 0.6 is 0 Å². The molecule has 1 aromatic rings. The van der Waals surface area contributed by atoms with E-state index < -0.39 is 11.9 Å². The van der Waals surface area contributed by atoms with Gasteiger partial charge in [0, 0.05) is 12.1 Å². The van der Waals surface area contributed by atoms with E-state index in [9.17, 15) is 9.90 Å². The molecule has 18 heavy (non-hydrogen) atoms. The molecule has 0 radical (unpaired) electrons. The molecule has 0 fully saturated rings. The highest BCUT2D eigenvalue weighted by molar-refractivity contribution is 5.79. The minimum Gasteiger partial charge on any atom is -0.486 e. The van der Waals surface area contributed by atoms with Crippen molar-refractivity contribution in [1.29, 1.82) is 0 Å². The van der Waals surface area contributed by atoms with Gasteiger partial charge in [-0.15, -0.1) is 0 Å². The van der Waals surface area contributed by atoms with Crippen LogP contribution < -0.4 is 15.2 Å². The fourth-order valence-electron chi connectivity index (χ4n) is 2.20. The number of ether oxygens (including phenoxy) is 2. The van der Waals surface area contributed by atoms with Crippen molar-refractivity contribution >= 4 is 5.97 Å². The molecule has 0 amide bonds. The Morgan fingerprint density at radius 2 is 2.11 bits per heavy atom. The van der Waals surface area contributed by atoms with Crippen LogP contribution in [0, 0.1) is 13.8 Å². The van der Waals surface area contributed by atoms with Crippen molar-refractivity contribution < 1.29 is 19.4 Å². The molecule has 1 atom stereocenters. The molecule has 1 unspecified atom stereocenters. The molecule has 1 aromatic carbocycles. The first-order valence-electron chi connectivity index (χ1n) is 5.88. The number of hydrogen-bond acceptors (Lipinski definition) is 4. The van der Waals surface area contributed by atoms with Crippen molar-refractivity contribution in [2.75, 3.05) is 19.8 Å². The molecule has 0 saturated carbocycles. The van der Waals surface area contributed by atoms with Crippen molar-refractivity contribution in [1.82, 2.24) is 0 Å². The average Bonchev–Trinajstić information content (AvgIpc) is 2.34. The van der Waals surface area contributed by atoms with Gasteiger partial charge in [-0.25, -0.2) is 0 Å². The molecule has 5 heteroatoms. The fourth-order valence-corrected chi connectivity index (χ4v) is 2.20. The zero-order valence-corrected chi connectivity index (χ0v) is 10.5. The second kappa shape index (κ2) is 4.86. The number of nitrogens with two attached hydrogens (primary N) is 1. The SMILES string of the molecule is Cc1cc2c(c(C(CN)C(=O)O)c1C)OCCO2. The molecule has 0 aliphatic carbocycles. The van der Waals surface area contributed by atoms with Gasteiger partial charge in [-0.2, -0.15) is 0 Å². The Hall–Kier alpha value is -1.75. The van der Waals surface area contributed by atoms with Gasteiger partial charge in [0.2, 0.25) is 0 Å². The summed E-state index contributed by atoms with van der Waals surface area (Å²) >= 11 is 0. The third-order valence-electron chi connectivity index (χ3n) is 3.28. The number of hydrogen-bond donors (Lipinski definition) is 2. The molecule has 2 rings (SSSR count). The van der Waals surface area contributed by atoms with Crippen LogP contribution in [0.2, 0.25) is 0 Å². The molecule has 98 valence electrons. The van der Waals surface area contributed by atoms with Crippen molar-refractivity contribution in [2.45, 2.75) is 19.8 Å². The van der Waals surface area contributed by atoms with Gasteiger partial charge in [0.1, 0.15) is 13.2 Å². The van der Waals surface area contributed by atoms with E-state index >= 15 is 0 Å². The molecule has 1 heterocycles. The van der Waals surface area contributed by atoms with E-state index in [-0.39, 0.29) is 6.54 Å². The molecule has 0 aromatic heterocycles. The third kappa shape index (κ3) is 2.01. The van der Waals surface area contributed by atoms with Crippen LogP contribution in [0.3, 0.4) is 0 Å². The molecule has 0 saturated heterocycles. The summed E-state index contributed by atoms with van der Waals surface area (Å²) in [5, 5.41) is 9.27. The first-order valence-corrected chi connectivity index (χ1v) is 5.88. The standard InChI is InChI=1S/C13H17NO4/c1-7-5-10-12(18-4-3-17-10)11(8(7)2)9(6-14)13(15)16/h5,9H,3-4,6,14H2,1-2H3,(H,15,16). The van der Waals surface area contributed by atoms with Crippen molar-refractivity contribution in [3.8, 4) is 11.5 Å². The molecular formula is C13H17NO4. The first kappa shape index (κ1) is 12.7.